The lowest BCUT2D eigenvalue weighted by Gasteiger charge is -2.30. The third kappa shape index (κ3) is 5.38. The van der Waals surface area contributed by atoms with Crippen molar-refractivity contribution in [1.29, 1.82) is 0 Å². The SMILES string of the molecule is NC(=O)C1CCN(CCc2ccc(NC(=O)c3csc(-c4ccccc4F)n3)cc2)CC1. The van der Waals surface area contributed by atoms with Gasteiger partial charge in [0.15, 0.2) is 0 Å². The van der Waals surface area contributed by atoms with Gasteiger partial charge in [0.05, 0.1) is 0 Å². The molecule has 1 aliphatic heterocycles. The summed E-state index contributed by atoms with van der Waals surface area (Å²) in [6.45, 7) is 2.71. The number of piperidine rings is 1. The molecule has 0 aliphatic carbocycles. The number of nitrogens with zero attached hydrogens (tertiary/aromatic N) is 2. The smallest absolute Gasteiger partial charge is 0.275 e. The number of thiazole rings is 1. The van der Waals surface area contributed by atoms with Crippen LogP contribution in [0.1, 0.15) is 28.9 Å². The zero-order valence-electron chi connectivity index (χ0n) is 17.6. The minimum Gasteiger partial charge on any atom is -0.369 e. The van der Waals surface area contributed by atoms with Crippen molar-refractivity contribution in [1.82, 2.24) is 9.88 Å². The number of nitrogens with one attached hydrogen (secondary N) is 1. The summed E-state index contributed by atoms with van der Waals surface area (Å²) in [5.41, 5.74) is 7.90. The van der Waals surface area contributed by atoms with Gasteiger partial charge in [0.25, 0.3) is 5.91 Å². The van der Waals surface area contributed by atoms with E-state index in [4.69, 9.17) is 5.73 Å². The number of anilines is 1. The highest BCUT2D eigenvalue weighted by Gasteiger charge is 2.22. The Bertz CT molecular complexity index is 1090. The molecule has 1 aromatic heterocycles. The lowest BCUT2D eigenvalue weighted by molar-refractivity contribution is -0.123. The first-order valence-electron chi connectivity index (χ1n) is 10.6. The Labute approximate surface area is 190 Å². The maximum Gasteiger partial charge on any atom is 0.275 e. The summed E-state index contributed by atoms with van der Waals surface area (Å²) in [6.07, 6.45) is 2.55. The van der Waals surface area contributed by atoms with E-state index >= 15 is 0 Å². The number of rotatable bonds is 7. The Morgan fingerprint density at radius 2 is 1.84 bits per heavy atom. The lowest BCUT2D eigenvalue weighted by atomic mass is 9.96. The molecule has 0 atom stereocenters. The maximum atomic E-state index is 13.9. The molecule has 8 heteroatoms. The maximum absolute atomic E-state index is 13.9. The van der Waals surface area contributed by atoms with E-state index in [1.54, 1.807) is 23.6 Å². The molecule has 2 heterocycles. The van der Waals surface area contributed by atoms with Crippen LogP contribution in [0.5, 0.6) is 0 Å². The van der Waals surface area contributed by atoms with Crippen LogP contribution >= 0.6 is 11.3 Å². The van der Waals surface area contributed by atoms with Gasteiger partial charge in [0.1, 0.15) is 16.5 Å². The molecule has 1 saturated heterocycles. The molecule has 32 heavy (non-hydrogen) atoms. The normalized spacial score (nSPS) is 14.9. The van der Waals surface area contributed by atoms with Crippen LogP contribution in [0.4, 0.5) is 10.1 Å². The van der Waals surface area contributed by atoms with Crippen LogP contribution in [0, 0.1) is 11.7 Å². The Morgan fingerprint density at radius 1 is 1.12 bits per heavy atom. The highest BCUT2D eigenvalue weighted by molar-refractivity contribution is 7.13. The van der Waals surface area contributed by atoms with Gasteiger partial charge in [-0.1, -0.05) is 24.3 Å². The fourth-order valence-corrected chi connectivity index (χ4v) is 4.64. The molecule has 2 amide bonds. The van der Waals surface area contributed by atoms with Crippen LogP contribution < -0.4 is 11.1 Å². The van der Waals surface area contributed by atoms with Crippen LogP contribution in [0.15, 0.2) is 53.9 Å². The van der Waals surface area contributed by atoms with Crippen LogP contribution in [0.25, 0.3) is 10.6 Å². The second kappa shape index (κ2) is 10.0. The van der Waals surface area contributed by atoms with Crippen molar-refractivity contribution >= 4 is 28.8 Å². The quantitative estimate of drug-likeness (QED) is 0.568. The van der Waals surface area contributed by atoms with Crippen molar-refractivity contribution in [3.63, 3.8) is 0 Å². The largest absolute Gasteiger partial charge is 0.369 e. The number of carbonyl (C=O) groups excluding carboxylic acids is 2. The first-order chi connectivity index (χ1) is 15.5. The Hall–Kier alpha value is -3.10. The van der Waals surface area contributed by atoms with E-state index in [0.29, 0.717) is 16.3 Å². The van der Waals surface area contributed by atoms with Gasteiger partial charge in [-0.15, -0.1) is 11.3 Å². The molecule has 0 spiro atoms. The van der Waals surface area contributed by atoms with Crippen molar-refractivity contribution < 1.29 is 14.0 Å². The van der Waals surface area contributed by atoms with Gasteiger partial charge in [-0.25, -0.2) is 9.37 Å². The van der Waals surface area contributed by atoms with Gasteiger partial charge in [-0.05, 0) is 62.2 Å². The van der Waals surface area contributed by atoms with Crippen LogP contribution in [0.3, 0.4) is 0 Å². The van der Waals surface area contributed by atoms with Crippen molar-refractivity contribution in [2.75, 3.05) is 25.0 Å². The average molecular weight is 453 g/mol. The zero-order valence-corrected chi connectivity index (χ0v) is 18.4. The summed E-state index contributed by atoms with van der Waals surface area (Å²) >= 11 is 1.24. The number of nitrogens with two attached hydrogens (primary N) is 1. The van der Waals surface area contributed by atoms with E-state index in [2.05, 4.69) is 15.2 Å². The van der Waals surface area contributed by atoms with E-state index in [0.717, 1.165) is 38.9 Å². The van der Waals surface area contributed by atoms with E-state index in [1.165, 1.54) is 23.0 Å². The molecule has 2 aromatic carbocycles. The monoisotopic (exact) mass is 452 g/mol. The van der Waals surface area contributed by atoms with Gasteiger partial charge >= 0.3 is 0 Å². The number of carbonyl (C=O) groups is 2. The molecule has 1 aliphatic rings. The molecule has 0 unspecified atom stereocenters. The second-order valence-corrected chi connectivity index (χ2v) is 8.80. The molecular formula is C24H25FN4O2S. The van der Waals surface area contributed by atoms with Gasteiger partial charge in [0, 0.05) is 29.1 Å². The highest BCUT2D eigenvalue weighted by Crippen LogP contribution is 2.26. The first-order valence-corrected chi connectivity index (χ1v) is 11.5. The summed E-state index contributed by atoms with van der Waals surface area (Å²) in [6, 6.07) is 14.1. The molecule has 3 aromatic rings. The van der Waals surface area contributed by atoms with Crippen LogP contribution in [0.2, 0.25) is 0 Å². The minimum absolute atomic E-state index is 0.00894. The molecule has 166 valence electrons. The van der Waals surface area contributed by atoms with Gasteiger partial charge in [0.2, 0.25) is 5.91 Å². The summed E-state index contributed by atoms with van der Waals surface area (Å²) in [7, 11) is 0. The first kappa shape index (κ1) is 22.1. The molecule has 6 nitrogen and oxygen atoms in total. The van der Waals surface area contributed by atoms with Crippen LogP contribution in [-0.2, 0) is 11.2 Å². The predicted molar refractivity (Wildman–Crippen MR) is 124 cm³/mol. The number of aromatic nitrogens is 1. The van der Waals surface area contributed by atoms with E-state index in [9.17, 15) is 14.0 Å². The number of hydrogen-bond donors (Lipinski definition) is 2. The summed E-state index contributed by atoms with van der Waals surface area (Å²) in [5, 5.41) is 4.95. The van der Waals surface area contributed by atoms with Gasteiger partial charge < -0.3 is 16.0 Å². The number of amides is 2. The molecular weight excluding hydrogens is 427 g/mol. The Morgan fingerprint density at radius 3 is 2.53 bits per heavy atom. The molecule has 0 bridgehead atoms. The van der Waals surface area contributed by atoms with Gasteiger partial charge in [-0.3, -0.25) is 9.59 Å². The third-order valence-electron chi connectivity index (χ3n) is 5.76. The average Bonchev–Trinajstić information content (AvgIpc) is 3.29. The van der Waals surface area contributed by atoms with Crippen molar-refractivity contribution in [2.24, 2.45) is 11.7 Å². The van der Waals surface area contributed by atoms with E-state index in [-0.39, 0.29) is 29.2 Å². The summed E-state index contributed by atoms with van der Waals surface area (Å²) < 4.78 is 13.9. The van der Waals surface area contributed by atoms with Crippen molar-refractivity contribution in [3.05, 3.63) is 71.0 Å². The highest BCUT2D eigenvalue weighted by atomic mass is 32.1. The Balaban J connectivity index is 1.29. The molecule has 3 N–H and O–H groups in total. The fourth-order valence-electron chi connectivity index (χ4n) is 3.81. The summed E-state index contributed by atoms with van der Waals surface area (Å²) in [5.74, 6) is -0.867. The number of halogens is 1. The predicted octanol–water partition coefficient (Wildman–Crippen LogP) is 3.94. The van der Waals surface area contributed by atoms with Crippen LogP contribution in [-0.4, -0.2) is 41.3 Å². The molecule has 1 fully saturated rings. The number of hydrogen-bond acceptors (Lipinski definition) is 5. The number of primary amides is 1. The van der Waals surface area contributed by atoms with Crippen molar-refractivity contribution in [3.8, 4) is 10.6 Å². The van der Waals surface area contributed by atoms with E-state index < -0.39 is 0 Å². The number of likely N-dealkylation sites (tertiary alicyclic amines) is 1. The zero-order chi connectivity index (χ0) is 22.5. The fraction of sp³-hybridized carbons (Fsp3) is 0.292. The molecule has 0 radical (unpaired) electrons. The topological polar surface area (TPSA) is 88.3 Å². The second-order valence-electron chi connectivity index (χ2n) is 7.94. The lowest BCUT2D eigenvalue weighted by Crippen LogP contribution is -2.39. The minimum atomic E-state index is -0.360. The molecule has 0 saturated carbocycles. The number of benzene rings is 2. The Kier molecular flexibility index (Phi) is 6.92. The van der Waals surface area contributed by atoms with E-state index in [1.807, 2.05) is 24.3 Å². The van der Waals surface area contributed by atoms with Crippen molar-refractivity contribution in [2.45, 2.75) is 19.3 Å². The standard InChI is InChI=1S/C24H25FN4O2S/c25-20-4-2-1-3-19(20)24-28-21(15-32-24)23(31)27-18-7-5-16(6-8-18)9-12-29-13-10-17(11-14-29)22(26)30/h1-8,15,17H,9-14H2,(H2,26,30)(H,27,31). The molecule has 4 rings (SSSR count). The summed E-state index contributed by atoms with van der Waals surface area (Å²) in [4.78, 5) is 30.4. The van der Waals surface area contributed by atoms with Gasteiger partial charge in [-0.2, -0.15) is 0 Å². The third-order valence-corrected chi connectivity index (χ3v) is 6.64.